The Morgan fingerprint density at radius 1 is 0.973 bits per heavy atom. The third-order valence-electron chi connectivity index (χ3n) is 5.69. The van der Waals surface area contributed by atoms with E-state index in [9.17, 15) is 26.4 Å². The molecule has 190 valence electrons. The zero-order valence-corrected chi connectivity index (χ0v) is 20.5. The topological polar surface area (TPSA) is 96.6 Å². The zero-order chi connectivity index (χ0) is 26.5. The van der Waals surface area contributed by atoms with Gasteiger partial charge in [0, 0.05) is 10.6 Å². The Balaban J connectivity index is 1.52. The van der Waals surface area contributed by atoms with E-state index in [0.717, 1.165) is 12.1 Å². The number of hydrogen-bond acceptors (Lipinski definition) is 6. The molecule has 0 fully saturated rings. The quantitative estimate of drug-likeness (QED) is 0.308. The Labute approximate surface area is 214 Å². The van der Waals surface area contributed by atoms with E-state index < -0.39 is 27.8 Å². The van der Waals surface area contributed by atoms with Gasteiger partial charge in [-0.2, -0.15) is 17.5 Å². The van der Waals surface area contributed by atoms with Gasteiger partial charge in [0.25, 0.3) is 10.0 Å². The van der Waals surface area contributed by atoms with Gasteiger partial charge in [0.15, 0.2) is 0 Å². The van der Waals surface area contributed by atoms with Gasteiger partial charge in [-0.3, -0.25) is 4.90 Å². The number of halogens is 4. The number of sulfonamides is 1. The second-order valence-electron chi connectivity index (χ2n) is 8.11. The molecule has 13 heteroatoms. The molecule has 0 atom stereocenters. The highest BCUT2D eigenvalue weighted by molar-refractivity contribution is 7.94. The van der Waals surface area contributed by atoms with Crippen molar-refractivity contribution < 1.29 is 30.8 Å². The number of hydrogen-bond donors (Lipinski definition) is 0. The predicted octanol–water partition coefficient (Wildman–Crippen LogP) is 6.05. The second kappa shape index (κ2) is 8.89. The smallest absolute Gasteiger partial charge is 0.416 e. The summed E-state index contributed by atoms with van der Waals surface area (Å²) in [5, 5.41) is 8.02. The summed E-state index contributed by atoms with van der Waals surface area (Å²) in [4.78, 5) is 14.7. The van der Waals surface area contributed by atoms with Gasteiger partial charge in [-0.15, -0.1) is 10.2 Å². The molecule has 0 radical (unpaired) electrons. The van der Waals surface area contributed by atoms with E-state index in [2.05, 4.69) is 10.2 Å². The van der Waals surface area contributed by atoms with Gasteiger partial charge in [-0.1, -0.05) is 29.8 Å². The highest BCUT2D eigenvalue weighted by Gasteiger charge is 2.43. The third kappa shape index (κ3) is 4.42. The minimum absolute atomic E-state index is 0.0554. The molecule has 0 N–H and O–H groups in total. The number of carbonyl (C=O) groups is 1. The van der Waals surface area contributed by atoms with Crippen molar-refractivity contribution in [3.8, 4) is 11.5 Å². The first-order chi connectivity index (χ1) is 17.5. The van der Waals surface area contributed by atoms with Crippen LogP contribution >= 0.6 is 11.6 Å². The number of benzene rings is 3. The molecular formula is C24H16ClF3N4O4S. The fourth-order valence-corrected chi connectivity index (χ4v) is 5.69. The predicted molar refractivity (Wildman–Crippen MR) is 129 cm³/mol. The maximum atomic E-state index is 13.6. The molecule has 0 aliphatic carbocycles. The van der Waals surface area contributed by atoms with Gasteiger partial charge in [-0.25, -0.2) is 13.2 Å². The number of alkyl halides is 3. The molecule has 0 bridgehead atoms. The number of urea groups is 1. The van der Waals surface area contributed by atoms with Gasteiger partial charge in [0.1, 0.15) is 11.4 Å². The third-order valence-corrected chi connectivity index (χ3v) is 7.66. The van der Waals surface area contributed by atoms with Crippen LogP contribution in [-0.2, 0) is 22.7 Å². The lowest BCUT2D eigenvalue weighted by Gasteiger charge is -2.36. The standard InChI is InChI=1S/C24H16ClF3N4O4S/c1-14-6-11-17(25)12-19(14)32-23(33)31(18-4-2-3-5-20(18)37(32,34)35)13-21-29-30-22(36-21)15-7-9-16(10-8-15)24(26,27)28/h2-12H,13H2,1H3. The first kappa shape index (κ1) is 24.8. The van der Waals surface area contributed by atoms with Crippen LogP contribution in [0.5, 0.6) is 0 Å². The molecule has 2 heterocycles. The molecule has 0 saturated heterocycles. The van der Waals surface area contributed by atoms with Crippen LogP contribution < -0.4 is 9.21 Å². The minimum atomic E-state index is -4.49. The number of fused-ring (bicyclic) bond motifs is 1. The number of nitrogens with zero attached hydrogens (tertiary/aromatic N) is 4. The van der Waals surface area contributed by atoms with Crippen LogP contribution in [0.2, 0.25) is 5.02 Å². The van der Waals surface area contributed by atoms with Crippen molar-refractivity contribution in [3.63, 3.8) is 0 Å². The van der Waals surface area contributed by atoms with Gasteiger partial charge < -0.3 is 4.42 Å². The lowest BCUT2D eigenvalue weighted by Crippen LogP contribution is -2.51. The molecule has 0 unspecified atom stereocenters. The van der Waals surface area contributed by atoms with E-state index in [0.29, 0.717) is 9.87 Å². The van der Waals surface area contributed by atoms with E-state index in [1.54, 1.807) is 25.1 Å². The lowest BCUT2D eigenvalue weighted by atomic mass is 10.1. The summed E-state index contributed by atoms with van der Waals surface area (Å²) in [5.41, 5.74) is 0.119. The fraction of sp³-hybridized carbons (Fsp3) is 0.125. The van der Waals surface area contributed by atoms with Crippen LogP contribution in [0.4, 0.5) is 29.3 Å². The number of aryl methyl sites for hydroxylation is 1. The minimum Gasteiger partial charge on any atom is -0.419 e. The number of aromatic nitrogens is 2. The van der Waals surface area contributed by atoms with Crippen LogP contribution in [0, 0.1) is 6.92 Å². The highest BCUT2D eigenvalue weighted by Crippen LogP contribution is 2.39. The van der Waals surface area contributed by atoms with Gasteiger partial charge in [0.05, 0.1) is 16.9 Å². The molecule has 5 rings (SSSR count). The summed E-state index contributed by atoms with van der Waals surface area (Å²) in [5.74, 6) is -0.114. The van der Waals surface area contributed by atoms with Crippen LogP contribution in [0.3, 0.4) is 0 Å². The number of carbonyl (C=O) groups excluding carboxylic acids is 1. The SMILES string of the molecule is Cc1ccc(Cl)cc1N1C(=O)N(Cc2nnc(-c3ccc(C(F)(F)F)cc3)o2)c2ccccc2S1(=O)=O. The number of para-hydroxylation sites is 1. The molecule has 1 aliphatic heterocycles. The summed E-state index contributed by atoms with van der Waals surface area (Å²) in [6.07, 6.45) is -4.49. The highest BCUT2D eigenvalue weighted by atomic mass is 35.5. The maximum absolute atomic E-state index is 13.6. The molecule has 3 aromatic carbocycles. The molecule has 37 heavy (non-hydrogen) atoms. The number of anilines is 2. The van der Waals surface area contributed by atoms with E-state index in [1.165, 1.54) is 41.3 Å². The summed E-state index contributed by atoms with van der Waals surface area (Å²) in [6.45, 7) is 1.35. The van der Waals surface area contributed by atoms with Crippen molar-refractivity contribution in [1.82, 2.24) is 10.2 Å². The first-order valence-electron chi connectivity index (χ1n) is 10.7. The summed E-state index contributed by atoms with van der Waals surface area (Å²) < 4.78 is 71.8. The Hall–Kier alpha value is -3.90. The Morgan fingerprint density at radius 2 is 1.68 bits per heavy atom. The number of rotatable bonds is 4. The molecule has 8 nitrogen and oxygen atoms in total. The Kier molecular flexibility index (Phi) is 5.95. The monoisotopic (exact) mass is 548 g/mol. The van der Waals surface area contributed by atoms with Crippen molar-refractivity contribution >= 4 is 39.0 Å². The molecular weight excluding hydrogens is 533 g/mol. The molecule has 0 saturated carbocycles. The Bertz CT molecular complexity index is 1620. The van der Waals surface area contributed by atoms with Crippen molar-refractivity contribution in [1.29, 1.82) is 0 Å². The molecule has 4 aromatic rings. The van der Waals surface area contributed by atoms with Gasteiger partial charge in [0.2, 0.25) is 11.8 Å². The van der Waals surface area contributed by atoms with Crippen LogP contribution in [0.15, 0.2) is 76.0 Å². The van der Waals surface area contributed by atoms with E-state index in [1.807, 2.05) is 0 Å². The second-order valence-corrected chi connectivity index (χ2v) is 10.3. The molecule has 2 amide bonds. The van der Waals surface area contributed by atoms with Crippen molar-refractivity contribution in [2.45, 2.75) is 24.5 Å². The average Bonchev–Trinajstić information content (AvgIpc) is 3.32. The van der Waals surface area contributed by atoms with Gasteiger partial charge in [-0.05, 0) is 61.0 Å². The molecule has 1 aromatic heterocycles. The molecule has 0 spiro atoms. The fourth-order valence-electron chi connectivity index (χ4n) is 3.87. The maximum Gasteiger partial charge on any atom is 0.416 e. The van der Waals surface area contributed by atoms with Crippen LogP contribution in [0.1, 0.15) is 17.0 Å². The summed E-state index contributed by atoms with van der Waals surface area (Å²) in [6, 6.07) is 13.8. The number of amides is 2. The van der Waals surface area contributed by atoms with Crippen molar-refractivity contribution in [3.05, 3.63) is 88.8 Å². The van der Waals surface area contributed by atoms with Crippen LogP contribution in [-0.4, -0.2) is 24.6 Å². The zero-order valence-electron chi connectivity index (χ0n) is 18.9. The van der Waals surface area contributed by atoms with E-state index >= 15 is 0 Å². The van der Waals surface area contributed by atoms with Crippen LogP contribution in [0.25, 0.3) is 11.5 Å². The first-order valence-corrected chi connectivity index (χ1v) is 12.5. The lowest BCUT2D eigenvalue weighted by molar-refractivity contribution is -0.137. The average molecular weight is 549 g/mol. The van der Waals surface area contributed by atoms with Crippen molar-refractivity contribution in [2.75, 3.05) is 9.21 Å². The largest absolute Gasteiger partial charge is 0.419 e. The van der Waals surface area contributed by atoms with Gasteiger partial charge >= 0.3 is 12.2 Å². The van der Waals surface area contributed by atoms with Crippen molar-refractivity contribution in [2.24, 2.45) is 0 Å². The van der Waals surface area contributed by atoms with E-state index in [4.69, 9.17) is 16.0 Å². The summed E-state index contributed by atoms with van der Waals surface area (Å²) in [7, 11) is -4.28. The molecule has 1 aliphatic rings. The Morgan fingerprint density at radius 3 is 2.38 bits per heavy atom. The normalized spacial score (nSPS) is 15.1. The summed E-state index contributed by atoms with van der Waals surface area (Å²) >= 11 is 6.10. The van der Waals surface area contributed by atoms with E-state index in [-0.39, 0.29) is 45.2 Å².